The van der Waals surface area contributed by atoms with E-state index in [2.05, 4.69) is 54.7 Å². The Bertz CT molecular complexity index is 1520. The van der Waals surface area contributed by atoms with E-state index in [0.29, 0.717) is 5.92 Å². The SMILES string of the molecule is CC(C)C(=O)Nc1cccc(C2CCN(CCCc3c(-c4ccc(I)cc4)[nH]c4ccc(OC(F)(F)F)cc34)CC2)c1. The number of rotatable bonds is 9. The van der Waals surface area contributed by atoms with Gasteiger partial charge in [0.25, 0.3) is 0 Å². The van der Waals surface area contributed by atoms with E-state index < -0.39 is 6.36 Å². The molecule has 0 aliphatic carbocycles. The number of piperidine rings is 1. The van der Waals surface area contributed by atoms with Gasteiger partial charge in [-0.1, -0.05) is 38.1 Å². The van der Waals surface area contributed by atoms with E-state index >= 15 is 0 Å². The minimum atomic E-state index is -4.74. The summed E-state index contributed by atoms with van der Waals surface area (Å²) in [6, 6.07) is 20.8. The number of carbonyl (C=O) groups excluding carboxylic acids is 1. The first-order valence-electron chi connectivity index (χ1n) is 14.3. The molecular formula is C33H35F3IN3O2. The van der Waals surface area contributed by atoms with Gasteiger partial charge in [0.2, 0.25) is 5.91 Å². The number of aryl methyl sites for hydroxylation is 1. The molecule has 1 aliphatic rings. The Morgan fingerprint density at radius 2 is 1.81 bits per heavy atom. The molecule has 2 N–H and O–H groups in total. The van der Waals surface area contributed by atoms with Gasteiger partial charge >= 0.3 is 6.36 Å². The van der Waals surface area contributed by atoms with Crippen molar-refractivity contribution in [1.29, 1.82) is 0 Å². The lowest BCUT2D eigenvalue weighted by Gasteiger charge is -2.32. The van der Waals surface area contributed by atoms with E-state index in [1.807, 2.05) is 50.2 Å². The molecule has 2 heterocycles. The molecule has 1 fully saturated rings. The molecule has 0 saturated carbocycles. The van der Waals surface area contributed by atoms with Gasteiger partial charge in [0, 0.05) is 31.8 Å². The predicted molar refractivity (Wildman–Crippen MR) is 170 cm³/mol. The van der Waals surface area contributed by atoms with Crippen molar-refractivity contribution in [2.45, 2.75) is 51.8 Å². The molecule has 4 aromatic rings. The topological polar surface area (TPSA) is 57.4 Å². The Morgan fingerprint density at radius 3 is 2.50 bits per heavy atom. The quantitative estimate of drug-likeness (QED) is 0.173. The van der Waals surface area contributed by atoms with Crippen molar-refractivity contribution < 1.29 is 22.7 Å². The van der Waals surface area contributed by atoms with Crippen LogP contribution in [0.3, 0.4) is 0 Å². The Morgan fingerprint density at radius 1 is 1.07 bits per heavy atom. The zero-order valence-electron chi connectivity index (χ0n) is 23.7. The maximum absolute atomic E-state index is 12.9. The van der Waals surface area contributed by atoms with Crippen LogP contribution >= 0.6 is 22.6 Å². The van der Waals surface area contributed by atoms with Gasteiger partial charge in [-0.3, -0.25) is 4.79 Å². The molecule has 1 amide bonds. The number of nitrogens with one attached hydrogen (secondary N) is 2. The van der Waals surface area contributed by atoms with Gasteiger partial charge in [-0.15, -0.1) is 13.2 Å². The average Bonchev–Trinajstić information content (AvgIpc) is 3.30. The summed E-state index contributed by atoms with van der Waals surface area (Å²) >= 11 is 2.26. The van der Waals surface area contributed by atoms with Crippen LogP contribution in [0, 0.1) is 9.49 Å². The fraction of sp³-hybridized carbons (Fsp3) is 0.364. The third kappa shape index (κ3) is 7.66. The maximum atomic E-state index is 12.9. The summed E-state index contributed by atoms with van der Waals surface area (Å²) in [4.78, 5) is 18.0. The van der Waals surface area contributed by atoms with E-state index in [1.165, 1.54) is 17.7 Å². The Kier molecular flexibility index (Phi) is 9.47. The molecule has 9 heteroatoms. The highest BCUT2D eigenvalue weighted by molar-refractivity contribution is 14.1. The lowest BCUT2D eigenvalue weighted by atomic mass is 9.89. The van der Waals surface area contributed by atoms with E-state index in [0.717, 1.165) is 82.3 Å². The fourth-order valence-electron chi connectivity index (χ4n) is 5.67. The van der Waals surface area contributed by atoms with Gasteiger partial charge in [-0.2, -0.15) is 0 Å². The summed E-state index contributed by atoms with van der Waals surface area (Å²) in [7, 11) is 0. The minimum Gasteiger partial charge on any atom is -0.406 e. The lowest BCUT2D eigenvalue weighted by Crippen LogP contribution is -2.33. The molecule has 0 atom stereocenters. The van der Waals surface area contributed by atoms with Gasteiger partial charge in [0.15, 0.2) is 0 Å². The second kappa shape index (κ2) is 13.1. The first-order chi connectivity index (χ1) is 20.1. The molecular weight excluding hydrogens is 654 g/mol. The second-order valence-corrected chi connectivity index (χ2v) is 12.5. The molecule has 0 spiro atoms. The second-order valence-electron chi connectivity index (χ2n) is 11.2. The van der Waals surface area contributed by atoms with Crippen LogP contribution in [0.1, 0.15) is 50.2 Å². The molecule has 1 aromatic heterocycles. The van der Waals surface area contributed by atoms with Crippen LogP contribution in [-0.4, -0.2) is 41.8 Å². The monoisotopic (exact) mass is 689 g/mol. The number of nitrogens with zero attached hydrogens (tertiary/aromatic N) is 1. The number of benzene rings is 3. The molecule has 3 aromatic carbocycles. The summed E-state index contributed by atoms with van der Waals surface area (Å²) in [5, 5.41) is 3.76. The number of likely N-dealkylation sites (tertiary alicyclic amines) is 1. The van der Waals surface area contributed by atoms with Crippen molar-refractivity contribution in [2.75, 3.05) is 25.0 Å². The number of fused-ring (bicyclic) bond motifs is 1. The summed E-state index contributed by atoms with van der Waals surface area (Å²) in [5.41, 5.74) is 5.85. The molecule has 0 radical (unpaired) electrons. The van der Waals surface area contributed by atoms with E-state index in [4.69, 9.17) is 0 Å². The number of aromatic nitrogens is 1. The van der Waals surface area contributed by atoms with Crippen LogP contribution in [0.4, 0.5) is 18.9 Å². The summed E-state index contributed by atoms with van der Waals surface area (Å²) in [5.74, 6) is 0.195. The molecule has 0 bridgehead atoms. The molecule has 5 rings (SSSR count). The highest BCUT2D eigenvalue weighted by Gasteiger charge is 2.31. The van der Waals surface area contributed by atoms with Crippen LogP contribution in [0.2, 0.25) is 0 Å². The standard InChI is InChI=1S/C33H35F3IN3O2/c1-21(2)32(41)38-26-6-3-5-24(19-26)22-14-17-40(18-15-22)16-4-7-28-29-20-27(42-33(34,35)36)12-13-30(29)39-31(28)23-8-10-25(37)11-9-23/h3,5-6,8-13,19-22,39H,4,7,14-18H2,1-2H3,(H,38,41). The van der Waals surface area contributed by atoms with Gasteiger partial charge in [0.05, 0.1) is 0 Å². The normalized spacial score (nSPS) is 14.9. The van der Waals surface area contributed by atoms with Crippen molar-refractivity contribution >= 4 is 45.1 Å². The predicted octanol–water partition coefficient (Wildman–Crippen LogP) is 8.74. The highest BCUT2D eigenvalue weighted by atomic mass is 127. The fourth-order valence-corrected chi connectivity index (χ4v) is 6.03. The number of alkyl halides is 3. The van der Waals surface area contributed by atoms with Crippen LogP contribution in [-0.2, 0) is 11.2 Å². The lowest BCUT2D eigenvalue weighted by molar-refractivity contribution is -0.274. The largest absolute Gasteiger partial charge is 0.573 e. The summed E-state index contributed by atoms with van der Waals surface area (Å²) < 4.78 is 44.2. The summed E-state index contributed by atoms with van der Waals surface area (Å²) in [6.45, 7) is 6.64. The first kappa shape index (κ1) is 30.4. The van der Waals surface area contributed by atoms with Gasteiger partial charge in [-0.05, 0) is 133 Å². The van der Waals surface area contributed by atoms with E-state index in [-0.39, 0.29) is 17.6 Å². The number of hydrogen-bond acceptors (Lipinski definition) is 3. The zero-order valence-corrected chi connectivity index (χ0v) is 25.9. The third-order valence-electron chi connectivity index (χ3n) is 7.88. The molecule has 0 unspecified atom stereocenters. The molecule has 1 aliphatic heterocycles. The minimum absolute atomic E-state index is 0.0199. The number of anilines is 1. The van der Waals surface area contributed by atoms with Crippen LogP contribution < -0.4 is 10.1 Å². The Labute approximate surface area is 258 Å². The van der Waals surface area contributed by atoms with Gasteiger partial charge < -0.3 is 19.9 Å². The Hall–Kier alpha value is -3.05. The molecule has 42 heavy (non-hydrogen) atoms. The number of hydrogen-bond donors (Lipinski definition) is 2. The average molecular weight is 690 g/mol. The zero-order chi connectivity index (χ0) is 29.9. The smallest absolute Gasteiger partial charge is 0.406 e. The molecule has 222 valence electrons. The van der Waals surface area contributed by atoms with Crippen molar-refractivity contribution in [3.63, 3.8) is 0 Å². The van der Waals surface area contributed by atoms with Crippen molar-refractivity contribution in [1.82, 2.24) is 9.88 Å². The number of carbonyl (C=O) groups is 1. The number of H-pyrrole nitrogens is 1. The van der Waals surface area contributed by atoms with Gasteiger partial charge in [0.1, 0.15) is 5.75 Å². The number of aromatic amines is 1. The highest BCUT2D eigenvalue weighted by Crippen LogP contribution is 2.36. The van der Waals surface area contributed by atoms with Crippen LogP contribution in [0.15, 0.2) is 66.7 Å². The van der Waals surface area contributed by atoms with E-state index in [1.54, 1.807) is 6.07 Å². The summed E-state index contributed by atoms with van der Waals surface area (Å²) in [6.07, 6.45) is -1.04. The third-order valence-corrected chi connectivity index (χ3v) is 8.60. The van der Waals surface area contributed by atoms with Gasteiger partial charge in [-0.25, -0.2) is 0 Å². The van der Waals surface area contributed by atoms with Crippen molar-refractivity contribution in [3.05, 3.63) is 81.4 Å². The van der Waals surface area contributed by atoms with Crippen LogP contribution in [0.5, 0.6) is 5.75 Å². The number of amides is 1. The van der Waals surface area contributed by atoms with Crippen LogP contribution in [0.25, 0.3) is 22.2 Å². The Balaban J connectivity index is 1.25. The number of halogens is 4. The molecule has 1 saturated heterocycles. The first-order valence-corrected chi connectivity index (χ1v) is 15.4. The van der Waals surface area contributed by atoms with Crippen molar-refractivity contribution in [2.24, 2.45) is 5.92 Å². The molecule has 5 nitrogen and oxygen atoms in total. The maximum Gasteiger partial charge on any atom is 0.573 e. The van der Waals surface area contributed by atoms with E-state index in [9.17, 15) is 18.0 Å². The van der Waals surface area contributed by atoms with Crippen molar-refractivity contribution in [3.8, 4) is 17.0 Å². The number of ether oxygens (including phenoxy) is 1.